The summed E-state index contributed by atoms with van der Waals surface area (Å²) in [6, 6.07) is 5.17. The topological polar surface area (TPSA) is 12.0 Å². The molecule has 0 aromatic heterocycles. The molecule has 1 nitrogen and oxygen atoms in total. The van der Waals surface area contributed by atoms with Gasteiger partial charge in [0.05, 0.1) is 6.54 Å². The minimum Gasteiger partial charge on any atom is -0.378 e. The van der Waals surface area contributed by atoms with Crippen LogP contribution < -0.4 is 5.32 Å². The first-order valence-corrected chi connectivity index (χ1v) is 4.83. The lowest BCUT2D eigenvalue weighted by atomic mass is 10.0. The van der Waals surface area contributed by atoms with E-state index >= 15 is 0 Å². The van der Waals surface area contributed by atoms with E-state index in [0.29, 0.717) is 11.3 Å². The van der Waals surface area contributed by atoms with Gasteiger partial charge in [0.15, 0.2) is 0 Å². The molecule has 0 aliphatic carbocycles. The molecule has 0 amide bonds. The van der Waals surface area contributed by atoms with Gasteiger partial charge in [-0.3, -0.25) is 0 Å². The van der Waals surface area contributed by atoms with Gasteiger partial charge in [0.1, 0.15) is 0 Å². The first-order valence-electron chi connectivity index (χ1n) is 4.83. The predicted molar refractivity (Wildman–Crippen MR) is 54.9 cm³/mol. The lowest BCUT2D eigenvalue weighted by Gasteiger charge is -2.10. The maximum atomic E-state index is 13.1. The molecule has 78 valence electrons. The first kappa shape index (κ1) is 11.0. The lowest BCUT2D eigenvalue weighted by molar-refractivity contribution is 0.0180. The molecule has 1 aliphatic heterocycles. The van der Waals surface area contributed by atoms with Crippen molar-refractivity contribution in [3.05, 3.63) is 29.3 Å². The largest absolute Gasteiger partial charge is 0.378 e. The molecule has 14 heavy (non-hydrogen) atoms. The number of nitrogens with one attached hydrogen (secondary N) is 1. The molecule has 0 radical (unpaired) electrons. The van der Waals surface area contributed by atoms with E-state index in [4.69, 9.17) is 0 Å². The van der Waals surface area contributed by atoms with Crippen LogP contribution in [0, 0.1) is 6.92 Å². The average Bonchev–Trinajstić information content (AvgIpc) is 2.47. The summed E-state index contributed by atoms with van der Waals surface area (Å²) < 4.78 is 26.3. The standard InChI is InChI=1S/C9H9F2N.C2H6/c1-6-3-2-4-7-8(6)9(10,11)5-12-7;1-2/h2-4,12H,5H2,1H3;1-2H3. The van der Waals surface area contributed by atoms with E-state index in [1.807, 2.05) is 13.8 Å². The Kier molecular flexibility index (Phi) is 3.09. The van der Waals surface area contributed by atoms with Gasteiger partial charge in [-0.1, -0.05) is 26.0 Å². The van der Waals surface area contributed by atoms with Crippen molar-refractivity contribution in [3.63, 3.8) is 0 Å². The third-order valence-corrected chi connectivity index (χ3v) is 2.14. The molecule has 1 heterocycles. The molecule has 0 unspecified atom stereocenters. The number of alkyl halides is 2. The van der Waals surface area contributed by atoms with Crippen molar-refractivity contribution in [1.82, 2.24) is 0 Å². The summed E-state index contributed by atoms with van der Waals surface area (Å²) >= 11 is 0. The zero-order chi connectivity index (χ0) is 10.8. The van der Waals surface area contributed by atoms with Crippen molar-refractivity contribution in [2.24, 2.45) is 0 Å². The third kappa shape index (κ3) is 1.72. The summed E-state index contributed by atoms with van der Waals surface area (Å²) in [4.78, 5) is 0. The van der Waals surface area contributed by atoms with Gasteiger partial charge in [-0.2, -0.15) is 8.78 Å². The van der Waals surface area contributed by atoms with Gasteiger partial charge in [0, 0.05) is 11.3 Å². The molecular formula is C11H15F2N. The highest BCUT2D eigenvalue weighted by Crippen LogP contribution is 2.40. The van der Waals surface area contributed by atoms with Gasteiger partial charge < -0.3 is 5.32 Å². The van der Waals surface area contributed by atoms with Crippen molar-refractivity contribution in [2.75, 3.05) is 11.9 Å². The zero-order valence-corrected chi connectivity index (χ0v) is 8.70. The Bertz CT molecular complexity index is 321. The molecule has 1 aromatic carbocycles. The maximum Gasteiger partial charge on any atom is 0.292 e. The molecule has 0 bridgehead atoms. The Hall–Kier alpha value is -1.12. The normalized spacial score (nSPS) is 16.4. The van der Waals surface area contributed by atoms with Gasteiger partial charge >= 0.3 is 0 Å². The predicted octanol–water partition coefficient (Wildman–Crippen LogP) is 3.54. The van der Waals surface area contributed by atoms with Crippen LogP contribution in [0.1, 0.15) is 25.0 Å². The highest BCUT2D eigenvalue weighted by molar-refractivity contribution is 5.61. The van der Waals surface area contributed by atoms with Crippen LogP contribution in [0.4, 0.5) is 14.5 Å². The average molecular weight is 199 g/mol. The minimum absolute atomic E-state index is 0.157. The second kappa shape index (κ2) is 3.95. The Morgan fingerprint density at radius 3 is 2.50 bits per heavy atom. The minimum atomic E-state index is -2.69. The highest BCUT2D eigenvalue weighted by Gasteiger charge is 2.40. The summed E-state index contributed by atoms with van der Waals surface area (Å²) in [6.07, 6.45) is 0. The smallest absolute Gasteiger partial charge is 0.292 e. The highest BCUT2D eigenvalue weighted by atomic mass is 19.3. The van der Waals surface area contributed by atoms with Crippen LogP contribution in [0.25, 0.3) is 0 Å². The van der Waals surface area contributed by atoms with Crippen molar-refractivity contribution in [1.29, 1.82) is 0 Å². The molecule has 1 aromatic rings. The van der Waals surface area contributed by atoms with Gasteiger partial charge in [-0.25, -0.2) is 0 Å². The van der Waals surface area contributed by atoms with Crippen molar-refractivity contribution in [3.8, 4) is 0 Å². The SMILES string of the molecule is CC.Cc1cccc2c1C(F)(F)CN2. The van der Waals surface area contributed by atoms with Crippen LogP contribution in [-0.2, 0) is 5.92 Å². The van der Waals surface area contributed by atoms with E-state index in [9.17, 15) is 8.78 Å². The molecule has 2 rings (SSSR count). The van der Waals surface area contributed by atoms with Crippen LogP contribution in [0.2, 0.25) is 0 Å². The number of aryl methyl sites for hydroxylation is 1. The van der Waals surface area contributed by atoms with Gasteiger partial charge in [0.25, 0.3) is 5.92 Å². The van der Waals surface area contributed by atoms with Crippen LogP contribution in [0.5, 0.6) is 0 Å². The van der Waals surface area contributed by atoms with Gasteiger partial charge in [0.2, 0.25) is 0 Å². The third-order valence-electron chi connectivity index (χ3n) is 2.14. The second-order valence-corrected chi connectivity index (χ2v) is 3.06. The molecule has 0 fully saturated rings. The fourth-order valence-electron chi connectivity index (χ4n) is 1.60. The van der Waals surface area contributed by atoms with E-state index in [-0.39, 0.29) is 12.1 Å². The van der Waals surface area contributed by atoms with Gasteiger partial charge in [-0.15, -0.1) is 0 Å². The molecule has 0 atom stereocenters. The molecule has 1 N–H and O–H groups in total. The van der Waals surface area contributed by atoms with Crippen LogP contribution in [0.3, 0.4) is 0 Å². The molecule has 0 saturated heterocycles. The Morgan fingerprint density at radius 2 is 1.93 bits per heavy atom. The number of hydrogen-bond donors (Lipinski definition) is 1. The van der Waals surface area contributed by atoms with E-state index in [2.05, 4.69) is 5.32 Å². The Labute approximate surface area is 83.1 Å². The maximum absolute atomic E-state index is 13.1. The van der Waals surface area contributed by atoms with Crippen molar-refractivity contribution >= 4 is 5.69 Å². The van der Waals surface area contributed by atoms with Crippen LogP contribution >= 0.6 is 0 Å². The van der Waals surface area contributed by atoms with Crippen molar-refractivity contribution in [2.45, 2.75) is 26.7 Å². The quantitative estimate of drug-likeness (QED) is 0.674. The number of hydrogen-bond acceptors (Lipinski definition) is 1. The number of benzene rings is 1. The summed E-state index contributed by atoms with van der Waals surface area (Å²) in [7, 11) is 0. The Balaban J connectivity index is 0.000000461. The number of halogens is 2. The number of rotatable bonds is 0. The summed E-state index contributed by atoms with van der Waals surface area (Å²) in [5.74, 6) is -2.69. The summed E-state index contributed by atoms with van der Waals surface area (Å²) in [6.45, 7) is 5.44. The summed E-state index contributed by atoms with van der Waals surface area (Å²) in [5, 5.41) is 2.68. The van der Waals surface area contributed by atoms with Crippen LogP contribution in [-0.4, -0.2) is 6.54 Å². The lowest BCUT2D eigenvalue weighted by Crippen LogP contribution is -2.16. The monoisotopic (exact) mass is 199 g/mol. The molecule has 0 saturated carbocycles. The molecule has 0 spiro atoms. The molecule has 1 aliphatic rings. The van der Waals surface area contributed by atoms with Gasteiger partial charge in [-0.05, 0) is 18.6 Å². The van der Waals surface area contributed by atoms with Crippen LogP contribution in [0.15, 0.2) is 18.2 Å². The zero-order valence-electron chi connectivity index (χ0n) is 8.70. The molecule has 3 heteroatoms. The Morgan fingerprint density at radius 1 is 1.29 bits per heavy atom. The van der Waals surface area contributed by atoms with E-state index in [0.717, 1.165) is 0 Å². The number of anilines is 1. The van der Waals surface area contributed by atoms with E-state index in [1.54, 1.807) is 25.1 Å². The van der Waals surface area contributed by atoms with E-state index < -0.39 is 5.92 Å². The summed E-state index contributed by atoms with van der Waals surface area (Å²) in [5.41, 5.74) is 1.38. The fourth-order valence-corrected chi connectivity index (χ4v) is 1.60. The fraction of sp³-hybridized carbons (Fsp3) is 0.455. The number of fused-ring (bicyclic) bond motifs is 1. The first-order chi connectivity index (χ1) is 6.61. The van der Waals surface area contributed by atoms with Crippen molar-refractivity contribution < 1.29 is 8.78 Å². The van der Waals surface area contributed by atoms with E-state index in [1.165, 1.54) is 0 Å². The second-order valence-electron chi connectivity index (χ2n) is 3.06. The molecular weight excluding hydrogens is 184 g/mol.